The Labute approximate surface area is 103 Å². The van der Waals surface area contributed by atoms with Crippen molar-refractivity contribution in [2.45, 2.75) is 13.3 Å². The highest BCUT2D eigenvalue weighted by Crippen LogP contribution is 2.28. The lowest BCUT2D eigenvalue weighted by Crippen LogP contribution is -2.15. The lowest BCUT2D eigenvalue weighted by Gasteiger charge is -2.10. The minimum Gasteiger partial charge on any atom is -0.294 e. The van der Waals surface area contributed by atoms with Crippen molar-refractivity contribution in [1.29, 1.82) is 0 Å². The van der Waals surface area contributed by atoms with Crippen LogP contribution in [0.2, 0.25) is 0 Å². The molecular weight excluding hydrogens is 272 g/mol. The van der Waals surface area contributed by atoms with Gasteiger partial charge in [-0.05, 0) is 36.8 Å². The van der Waals surface area contributed by atoms with Gasteiger partial charge in [0.05, 0.1) is 0 Å². The number of hydrogen-bond donors (Lipinski definition) is 0. The number of rotatable bonds is 2. The summed E-state index contributed by atoms with van der Waals surface area (Å²) in [7, 11) is 0. The fourth-order valence-electron chi connectivity index (χ4n) is 1.82. The second-order valence-electron chi connectivity index (χ2n) is 3.88. The van der Waals surface area contributed by atoms with Gasteiger partial charge in [0, 0.05) is 21.7 Å². The second kappa shape index (κ2) is 4.71. The summed E-state index contributed by atoms with van der Waals surface area (Å²) in [5.74, 6) is 2.68. The van der Waals surface area contributed by atoms with E-state index in [4.69, 9.17) is 0 Å². The lowest BCUT2D eigenvalue weighted by atomic mass is 9.94. The van der Waals surface area contributed by atoms with Gasteiger partial charge in [0.1, 0.15) is 0 Å². The maximum absolute atomic E-state index is 12.2. The zero-order valence-electron chi connectivity index (χ0n) is 8.63. The van der Waals surface area contributed by atoms with E-state index in [2.05, 4.69) is 15.9 Å². The molecule has 1 aliphatic heterocycles. The molecule has 0 aromatic heterocycles. The molecule has 0 aliphatic carbocycles. The molecule has 2 rings (SSSR count). The highest BCUT2D eigenvalue weighted by Gasteiger charge is 2.25. The van der Waals surface area contributed by atoms with Crippen LogP contribution in [0, 0.1) is 12.8 Å². The smallest absolute Gasteiger partial charge is 0.167 e. The molecule has 1 unspecified atom stereocenters. The molecule has 1 fully saturated rings. The molecule has 1 nitrogen and oxygen atoms in total. The first-order chi connectivity index (χ1) is 7.18. The first kappa shape index (κ1) is 11.2. The van der Waals surface area contributed by atoms with E-state index in [0.29, 0.717) is 5.78 Å². The van der Waals surface area contributed by atoms with Gasteiger partial charge in [-0.25, -0.2) is 0 Å². The summed E-state index contributed by atoms with van der Waals surface area (Å²) in [6.07, 6.45) is 1.04. The van der Waals surface area contributed by atoms with Crippen molar-refractivity contribution in [3.05, 3.63) is 33.8 Å². The summed E-state index contributed by atoms with van der Waals surface area (Å²) in [6, 6.07) is 5.93. The summed E-state index contributed by atoms with van der Waals surface area (Å²) in [5, 5.41) is 0. The maximum Gasteiger partial charge on any atom is 0.167 e. The van der Waals surface area contributed by atoms with Gasteiger partial charge >= 0.3 is 0 Å². The average Bonchev–Trinajstić information content (AvgIpc) is 2.74. The van der Waals surface area contributed by atoms with Crippen molar-refractivity contribution < 1.29 is 4.79 Å². The molecule has 3 heteroatoms. The highest BCUT2D eigenvalue weighted by molar-refractivity contribution is 9.10. The Kier molecular flexibility index (Phi) is 3.52. The van der Waals surface area contributed by atoms with Gasteiger partial charge in [-0.2, -0.15) is 11.8 Å². The van der Waals surface area contributed by atoms with E-state index >= 15 is 0 Å². The second-order valence-corrected chi connectivity index (χ2v) is 5.95. The van der Waals surface area contributed by atoms with E-state index in [1.807, 2.05) is 36.9 Å². The normalized spacial score (nSPS) is 20.5. The van der Waals surface area contributed by atoms with Crippen molar-refractivity contribution >= 4 is 33.5 Å². The molecule has 0 saturated carbocycles. The van der Waals surface area contributed by atoms with E-state index in [1.54, 1.807) is 0 Å². The number of ketones is 1. The molecule has 0 spiro atoms. The minimum absolute atomic E-state index is 0.239. The van der Waals surface area contributed by atoms with Gasteiger partial charge in [0.15, 0.2) is 5.78 Å². The molecule has 1 atom stereocenters. The SMILES string of the molecule is Cc1ccc(Br)cc1C(=O)C1CCSC1. The predicted octanol–water partition coefficient (Wildman–Crippen LogP) is 3.69. The van der Waals surface area contributed by atoms with E-state index < -0.39 is 0 Å². The number of benzene rings is 1. The van der Waals surface area contributed by atoms with E-state index in [0.717, 1.165) is 33.5 Å². The van der Waals surface area contributed by atoms with Crippen LogP contribution >= 0.6 is 27.7 Å². The fourth-order valence-corrected chi connectivity index (χ4v) is 3.40. The van der Waals surface area contributed by atoms with Crippen molar-refractivity contribution in [3.8, 4) is 0 Å². The molecule has 15 heavy (non-hydrogen) atoms. The number of carbonyl (C=O) groups is 1. The van der Waals surface area contributed by atoms with Gasteiger partial charge in [-0.15, -0.1) is 0 Å². The number of Topliss-reactive ketones (excluding diaryl/α,β-unsaturated/α-hetero) is 1. The monoisotopic (exact) mass is 284 g/mol. The molecule has 80 valence electrons. The van der Waals surface area contributed by atoms with Crippen molar-refractivity contribution in [2.75, 3.05) is 11.5 Å². The summed E-state index contributed by atoms with van der Waals surface area (Å²) in [4.78, 5) is 12.2. The lowest BCUT2D eigenvalue weighted by molar-refractivity contribution is 0.0933. The van der Waals surface area contributed by atoms with Crippen LogP contribution in [0.5, 0.6) is 0 Å². The van der Waals surface area contributed by atoms with Crippen LogP contribution in [0.4, 0.5) is 0 Å². The van der Waals surface area contributed by atoms with Gasteiger partial charge in [0.2, 0.25) is 0 Å². The standard InChI is InChI=1S/C12H13BrOS/c1-8-2-3-10(13)6-11(8)12(14)9-4-5-15-7-9/h2-3,6,9H,4-5,7H2,1H3. The largest absolute Gasteiger partial charge is 0.294 e. The van der Waals surface area contributed by atoms with E-state index in [9.17, 15) is 4.79 Å². The number of aryl methyl sites for hydroxylation is 1. The molecule has 0 amide bonds. The Morgan fingerprint density at radius 1 is 1.53 bits per heavy atom. The Hall–Kier alpha value is -0.280. The van der Waals surface area contributed by atoms with Crippen LogP contribution in [-0.4, -0.2) is 17.3 Å². The topological polar surface area (TPSA) is 17.1 Å². The van der Waals surface area contributed by atoms with Crippen molar-refractivity contribution in [3.63, 3.8) is 0 Å². The highest BCUT2D eigenvalue weighted by atomic mass is 79.9. The van der Waals surface area contributed by atoms with E-state index in [-0.39, 0.29) is 5.92 Å². The Morgan fingerprint density at radius 2 is 2.33 bits per heavy atom. The fraction of sp³-hybridized carbons (Fsp3) is 0.417. The third-order valence-electron chi connectivity index (χ3n) is 2.77. The Balaban J connectivity index is 2.27. The minimum atomic E-state index is 0.239. The van der Waals surface area contributed by atoms with Gasteiger partial charge < -0.3 is 0 Å². The Bertz CT molecular complexity index is 383. The van der Waals surface area contributed by atoms with E-state index in [1.165, 1.54) is 0 Å². The first-order valence-corrected chi connectivity index (χ1v) is 7.01. The molecule has 0 bridgehead atoms. The molecule has 0 radical (unpaired) electrons. The summed E-state index contributed by atoms with van der Waals surface area (Å²) < 4.78 is 0.988. The van der Waals surface area contributed by atoms with Crippen LogP contribution in [0.15, 0.2) is 22.7 Å². The molecule has 1 aromatic carbocycles. The predicted molar refractivity (Wildman–Crippen MR) is 68.6 cm³/mol. The number of carbonyl (C=O) groups excluding carboxylic acids is 1. The summed E-state index contributed by atoms with van der Waals surface area (Å²) in [5.41, 5.74) is 1.97. The quantitative estimate of drug-likeness (QED) is 0.771. The van der Waals surface area contributed by atoms with Crippen LogP contribution < -0.4 is 0 Å². The third-order valence-corrected chi connectivity index (χ3v) is 4.42. The third kappa shape index (κ3) is 2.45. The van der Waals surface area contributed by atoms with Crippen LogP contribution in [0.25, 0.3) is 0 Å². The molecule has 1 aromatic rings. The van der Waals surface area contributed by atoms with Gasteiger partial charge in [-0.3, -0.25) is 4.79 Å². The zero-order valence-corrected chi connectivity index (χ0v) is 11.0. The average molecular weight is 285 g/mol. The molecule has 1 heterocycles. The van der Waals surface area contributed by atoms with Crippen LogP contribution in [0.3, 0.4) is 0 Å². The van der Waals surface area contributed by atoms with Crippen molar-refractivity contribution in [1.82, 2.24) is 0 Å². The first-order valence-electron chi connectivity index (χ1n) is 5.06. The molecule has 0 N–H and O–H groups in total. The van der Waals surface area contributed by atoms with Crippen LogP contribution in [0.1, 0.15) is 22.3 Å². The number of thioether (sulfide) groups is 1. The van der Waals surface area contributed by atoms with Crippen LogP contribution in [-0.2, 0) is 0 Å². The van der Waals surface area contributed by atoms with Crippen molar-refractivity contribution in [2.24, 2.45) is 5.92 Å². The summed E-state index contributed by atoms with van der Waals surface area (Å²) >= 11 is 5.30. The maximum atomic E-state index is 12.2. The molecule has 1 saturated heterocycles. The number of hydrogen-bond acceptors (Lipinski definition) is 2. The molecular formula is C12H13BrOS. The Morgan fingerprint density at radius 3 is 3.00 bits per heavy atom. The summed E-state index contributed by atoms with van der Waals surface area (Å²) in [6.45, 7) is 2.00. The molecule has 1 aliphatic rings. The van der Waals surface area contributed by atoms with Gasteiger partial charge in [0.25, 0.3) is 0 Å². The zero-order chi connectivity index (χ0) is 10.8. The number of halogens is 1. The van der Waals surface area contributed by atoms with Gasteiger partial charge in [-0.1, -0.05) is 22.0 Å².